The minimum atomic E-state index is 0. The third kappa shape index (κ3) is 9.19. The fourth-order valence-corrected chi connectivity index (χ4v) is 0.787. The van der Waals surface area contributed by atoms with Crippen LogP contribution in [-0.4, -0.2) is 34.1 Å². The zero-order chi connectivity index (χ0) is 4.12. The van der Waals surface area contributed by atoms with Gasteiger partial charge in [-0.2, -0.15) is 0 Å². The van der Waals surface area contributed by atoms with Crippen LogP contribution in [0.3, 0.4) is 0 Å². The van der Waals surface area contributed by atoms with Crippen molar-refractivity contribution in [2.45, 2.75) is 0 Å². The molecule has 0 aromatic rings. The van der Waals surface area contributed by atoms with Gasteiger partial charge in [-0.05, 0) is 0 Å². The van der Waals surface area contributed by atoms with Crippen LogP contribution in [-0.2, 0) is 4.74 Å². The Kier molecular flexibility index (Phi) is 17.4. The zero-order valence-electron chi connectivity index (χ0n) is 5.29. The van der Waals surface area contributed by atoms with E-state index in [9.17, 15) is 0 Å². The zero-order valence-corrected chi connectivity index (χ0v) is 7.87. The maximum absolute atomic E-state index is 4.67. The van der Waals surface area contributed by atoms with E-state index in [0.29, 0.717) is 11.0 Å². The van der Waals surface area contributed by atoms with Gasteiger partial charge in [0.1, 0.15) is 11.0 Å². The van der Waals surface area contributed by atoms with Crippen molar-refractivity contribution in [1.29, 1.82) is 0 Å². The van der Waals surface area contributed by atoms with Crippen molar-refractivity contribution in [3.8, 4) is 0 Å². The molecular formula is C2H6Br2MgO. The molecule has 0 N–H and O–H groups in total. The number of rotatable bonds is 2. The summed E-state index contributed by atoms with van der Waals surface area (Å²) in [6, 6.07) is 0. The molecule has 0 unspecified atom stereocenters. The van der Waals surface area contributed by atoms with Gasteiger partial charge in [0.15, 0.2) is 0 Å². The molecule has 0 rings (SSSR count). The largest absolute Gasteiger partial charge is 2.00 e. The van der Waals surface area contributed by atoms with Gasteiger partial charge in [-0.1, -0.05) is 31.9 Å². The van der Waals surface area contributed by atoms with Gasteiger partial charge in [-0.3, -0.25) is 0 Å². The third-order valence-electron chi connectivity index (χ3n) is 0.154. The Morgan fingerprint density at radius 3 is 1.67 bits per heavy atom. The van der Waals surface area contributed by atoms with Gasteiger partial charge in [0, 0.05) is 0 Å². The van der Waals surface area contributed by atoms with Crippen molar-refractivity contribution in [1.82, 2.24) is 0 Å². The molecule has 0 aliphatic heterocycles. The van der Waals surface area contributed by atoms with E-state index in [1.54, 1.807) is 0 Å². The van der Waals surface area contributed by atoms with Crippen molar-refractivity contribution in [2.75, 3.05) is 11.0 Å². The molecule has 0 bridgehead atoms. The number of halogens is 2. The van der Waals surface area contributed by atoms with Crippen LogP contribution in [0.25, 0.3) is 0 Å². The molecule has 0 spiro atoms. The number of hydrogen-bond acceptors (Lipinski definition) is 1. The third-order valence-corrected chi connectivity index (χ3v) is 0.802. The number of hydrogen-bond donors (Lipinski definition) is 0. The monoisotopic (exact) mass is 228 g/mol. The van der Waals surface area contributed by atoms with Gasteiger partial charge >= 0.3 is 23.1 Å². The van der Waals surface area contributed by atoms with Crippen LogP contribution in [0.15, 0.2) is 0 Å². The first-order chi connectivity index (χ1) is 2.41. The van der Waals surface area contributed by atoms with Crippen molar-refractivity contribution in [3.05, 3.63) is 0 Å². The summed E-state index contributed by atoms with van der Waals surface area (Å²) in [6.45, 7) is 0. The molecule has 0 radical (unpaired) electrons. The normalized spacial score (nSPS) is 7.00. The molecule has 1 nitrogen and oxygen atoms in total. The van der Waals surface area contributed by atoms with Gasteiger partial charge in [-0.25, -0.2) is 0 Å². The Morgan fingerprint density at radius 2 is 1.67 bits per heavy atom. The van der Waals surface area contributed by atoms with Crippen LogP contribution in [0.1, 0.15) is 2.85 Å². The smallest absolute Gasteiger partial charge is 1.00 e. The van der Waals surface area contributed by atoms with E-state index in [-0.39, 0.29) is 25.9 Å². The topological polar surface area (TPSA) is 9.23 Å². The maximum atomic E-state index is 4.67. The molecule has 0 saturated carbocycles. The molecule has 0 aliphatic rings. The van der Waals surface area contributed by atoms with Gasteiger partial charge in [0.25, 0.3) is 0 Å². The van der Waals surface area contributed by atoms with Gasteiger partial charge in [-0.15, -0.1) is 0 Å². The number of ether oxygens (including phenoxy) is 1. The Labute approximate surface area is 73.2 Å². The molecule has 6 heavy (non-hydrogen) atoms. The van der Waals surface area contributed by atoms with Crippen LogP contribution in [0.4, 0.5) is 0 Å². The molecule has 0 aromatic heterocycles. The molecule has 0 heterocycles. The Hall–Kier alpha value is 1.69. The second-order valence-electron chi connectivity index (χ2n) is 0.422. The number of alkyl halides is 2. The van der Waals surface area contributed by atoms with E-state index in [2.05, 4.69) is 36.6 Å². The standard InChI is InChI=1S/C2H4Br2O.Mg.2H/c3-1-5-2-4;;;/h1-2H2;;;/q;+2;2*-1. The minimum Gasteiger partial charge on any atom is -1.00 e. The average Bonchev–Trinajstić information content (AvgIpc) is 1.41. The SMILES string of the molecule is BrCOCBr.[H-].[H-].[Mg+2]. The van der Waals surface area contributed by atoms with Crippen molar-refractivity contribution >= 4 is 54.9 Å². The average molecular weight is 230 g/mol. The van der Waals surface area contributed by atoms with E-state index in [1.165, 1.54) is 0 Å². The summed E-state index contributed by atoms with van der Waals surface area (Å²) in [5.41, 5.74) is 1.22. The maximum Gasteiger partial charge on any atom is 2.00 e. The van der Waals surface area contributed by atoms with Crippen LogP contribution in [0.2, 0.25) is 0 Å². The predicted octanol–water partition coefficient (Wildman–Crippen LogP) is 1.55. The van der Waals surface area contributed by atoms with Crippen LogP contribution in [0, 0.1) is 0 Å². The first kappa shape index (κ1) is 10.6. The van der Waals surface area contributed by atoms with Gasteiger partial charge in [0.2, 0.25) is 0 Å². The van der Waals surface area contributed by atoms with Crippen molar-refractivity contribution < 1.29 is 7.59 Å². The van der Waals surface area contributed by atoms with Crippen molar-refractivity contribution in [3.63, 3.8) is 0 Å². The summed E-state index contributed by atoms with van der Waals surface area (Å²) in [5, 5.41) is 0. The summed E-state index contributed by atoms with van der Waals surface area (Å²) in [7, 11) is 0. The first-order valence-electron chi connectivity index (χ1n) is 1.11. The molecule has 0 fully saturated rings. The molecule has 36 valence electrons. The molecule has 0 saturated heterocycles. The summed E-state index contributed by atoms with van der Waals surface area (Å²) in [5.74, 6) is 0. The summed E-state index contributed by atoms with van der Waals surface area (Å²) < 4.78 is 4.67. The van der Waals surface area contributed by atoms with E-state index in [1.807, 2.05) is 0 Å². The second-order valence-corrected chi connectivity index (χ2v) is 1.34. The molecular weight excluding hydrogens is 224 g/mol. The van der Waals surface area contributed by atoms with E-state index >= 15 is 0 Å². The Bertz CT molecular complexity index is 25.5. The molecule has 0 amide bonds. The minimum absolute atomic E-state index is 0. The van der Waals surface area contributed by atoms with Crippen LogP contribution < -0.4 is 0 Å². The summed E-state index contributed by atoms with van der Waals surface area (Å²) in [6.07, 6.45) is 0. The van der Waals surface area contributed by atoms with Crippen molar-refractivity contribution in [2.24, 2.45) is 0 Å². The Morgan fingerprint density at radius 1 is 1.33 bits per heavy atom. The quantitative estimate of drug-likeness (QED) is 0.516. The first-order valence-corrected chi connectivity index (χ1v) is 3.35. The van der Waals surface area contributed by atoms with Gasteiger partial charge in [0.05, 0.1) is 0 Å². The Balaban J connectivity index is -0.0000000267. The van der Waals surface area contributed by atoms with Gasteiger partial charge < -0.3 is 7.59 Å². The fraction of sp³-hybridized carbons (Fsp3) is 1.00. The summed E-state index contributed by atoms with van der Waals surface area (Å²) in [4.78, 5) is 0. The van der Waals surface area contributed by atoms with Crippen LogP contribution >= 0.6 is 31.9 Å². The fourth-order valence-electron chi connectivity index (χ4n) is 0.0292. The molecule has 0 aromatic carbocycles. The van der Waals surface area contributed by atoms with E-state index in [0.717, 1.165) is 0 Å². The van der Waals surface area contributed by atoms with E-state index < -0.39 is 0 Å². The second kappa shape index (κ2) is 9.84. The predicted molar refractivity (Wildman–Crippen MR) is 36.7 cm³/mol. The van der Waals surface area contributed by atoms with Crippen LogP contribution in [0.5, 0.6) is 0 Å². The molecule has 4 heteroatoms. The molecule has 0 atom stereocenters. The molecule has 0 aliphatic carbocycles. The summed E-state index contributed by atoms with van der Waals surface area (Å²) >= 11 is 6.11. The van der Waals surface area contributed by atoms with E-state index in [4.69, 9.17) is 0 Å².